The molecule has 0 heterocycles. The Kier molecular flexibility index (Phi) is 7.80. The Balaban J connectivity index is 2.06. The molecule has 2 N–H and O–H groups in total. The lowest BCUT2D eigenvalue weighted by Gasteiger charge is -2.29. The van der Waals surface area contributed by atoms with Crippen molar-refractivity contribution < 1.29 is 22.7 Å². The van der Waals surface area contributed by atoms with Crippen molar-refractivity contribution in [2.45, 2.75) is 64.3 Å². The van der Waals surface area contributed by atoms with Crippen molar-refractivity contribution in [3.63, 3.8) is 0 Å². The summed E-state index contributed by atoms with van der Waals surface area (Å²) in [5.74, 6) is -0.551. The van der Waals surface area contributed by atoms with Crippen molar-refractivity contribution in [1.29, 1.82) is 5.41 Å². The molecule has 0 aliphatic heterocycles. The third-order valence-electron chi connectivity index (χ3n) is 5.32. The van der Waals surface area contributed by atoms with Gasteiger partial charge in [0, 0.05) is 5.88 Å². The Bertz CT molecular complexity index is 742. The molecule has 3 atom stereocenters. The fourth-order valence-corrected chi connectivity index (χ4v) is 3.57. The monoisotopic (exact) mass is 433 g/mol. The molecule has 29 heavy (non-hydrogen) atoms. The molecule has 162 valence electrons. The zero-order valence-corrected chi connectivity index (χ0v) is 17.5. The Morgan fingerprint density at radius 2 is 2.07 bits per heavy atom. The Labute approximate surface area is 174 Å². The number of carbonyl (C=O) groups excluding carboxylic acids is 1. The van der Waals surface area contributed by atoms with Crippen LogP contribution in [0.2, 0.25) is 0 Å². The van der Waals surface area contributed by atoms with Crippen LogP contribution in [0.3, 0.4) is 0 Å². The normalized spacial score (nSPS) is 19.4. The number of nitrogens with zero attached hydrogens (tertiary/aromatic N) is 1. The number of hydrogen-bond acceptors (Lipinski definition) is 3. The highest BCUT2D eigenvalue weighted by molar-refractivity contribution is 6.17. The summed E-state index contributed by atoms with van der Waals surface area (Å²) in [5, 5.41) is 9.73. The highest BCUT2D eigenvalue weighted by atomic mass is 35.5. The number of carbonyl (C=O) groups is 1. The maximum Gasteiger partial charge on any atom is 0.471 e. The van der Waals surface area contributed by atoms with Gasteiger partial charge in [0.15, 0.2) is 0 Å². The number of ether oxygens (including phenoxy) is 1. The summed E-state index contributed by atoms with van der Waals surface area (Å²) >= 11 is 5.67. The fourth-order valence-electron chi connectivity index (χ4n) is 3.38. The molecular weight excluding hydrogens is 407 g/mol. The summed E-state index contributed by atoms with van der Waals surface area (Å²) < 4.78 is 43.2. The molecule has 1 aliphatic rings. The molecule has 0 aromatic heterocycles. The minimum atomic E-state index is -4.90. The second-order valence-corrected chi connectivity index (χ2v) is 7.66. The first-order valence-corrected chi connectivity index (χ1v) is 10.1. The van der Waals surface area contributed by atoms with Gasteiger partial charge in [0.25, 0.3) is 0 Å². The summed E-state index contributed by atoms with van der Waals surface area (Å²) in [6.45, 7) is 6.40. The summed E-state index contributed by atoms with van der Waals surface area (Å²) in [7, 11) is 0. The van der Waals surface area contributed by atoms with Crippen molar-refractivity contribution in [3.8, 4) is 5.75 Å². The molecule has 1 saturated carbocycles. The van der Waals surface area contributed by atoms with Crippen LogP contribution < -0.4 is 10.1 Å². The van der Waals surface area contributed by atoms with E-state index in [1.165, 1.54) is 0 Å². The van der Waals surface area contributed by atoms with E-state index in [4.69, 9.17) is 21.7 Å². The number of nitrogens with one attached hydrogen (secondary N) is 2. The summed E-state index contributed by atoms with van der Waals surface area (Å²) in [6.07, 6.45) is -1.64. The average Bonchev–Trinajstić information content (AvgIpc) is 3.40. The molecule has 0 spiro atoms. The molecule has 1 aromatic rings. The standard InChI is InChI=1S/C20H27ClF3N3O2/c1-12-13(2)18(29-9-5-4-8-21)7-6-15(12)14(3)27(11-25)17-10-16(17)26-19(28)20(22,23)24/h6-7,11,14,16-17,25H,4-5,8-10H2,1-3H3,(H,26,28). The molecule has 1 aliphatic carbocycles. The van der Waals surface area contributed by atoms with Crippen LogP contribution in [0.25, 0.3) is 0 Å². The van der Waals surface area contributed by atoms with Crippen LogP contribution in [0, 0.1) is 19.3 Å². The SMILES string of the molecule is Cc1c(OCCCCCl)ccc(C(C)N(C=N)C2CC2NC(=O)C(F)(F)F)c1C. The van der Waals surface area contributed by atoms with Crippen LogP contribution in [-0.4, -0.2) is 47.9 Å². The van der Waals surface area contributed by atoms with Gasteiger partial charge in [0.2, 0.25) is 0 Å². The first-order valence-electron chi connectivity index (χ1n) is 9.56. The lowest BCUT2D eigenvalue weighted by molar-refractivity contribution is -0.173. The lowest BCUT2D eigenvalue weighted by atomic mass is 9.96. The van der Waals surface area contributed by atoms with Crippen LogP contribution >= 0.6 is 11.6 Å². The molecular formula is C20H27ClF3N3O2. The number of amides is 1. The average molecular weight is 434 g/mol. The van der Waals surface area contributed by atoms with Gasteiger partial charge in [-0.2, -0.15) is 13.2 Å². The third-order valence-corrected chi connectivity index (χ3v) is 5.59. The largest absolute Gasteiger partial charge is 0.493 e. The quantitative estimate of drug-likeness (QED) is 0.247. The van der Waals surface area contributed by atoms with Crippen LogP contribution in [0.15, 0.2) is 12.1 Å². The van der Waals surface area contributed by atoms with E-state index in [-0.39, 0.29) is 12.1 Å². The van der Waals surface area contributed by atoms with Crippen LogP contribution in [0.5, 0.6) is 5.75 Å². The van der Waals surface area contributed by atoms with Gasteiger partial charge in [-0.3, -0.25) is 10.2 Å². The van der Waals surface area contributed by atoms with Crippen molar-refractivity contribution in [2.75, 3.05) is 12.5 Å². The van der Waals surface area contributed by atoms with E-state index in [0.717, 1.165) is 41.6 Å². The molecule has 1 aromatic carbocycles. The summed E-state index contributed by atoms with van der Waals surface area (Å²) in [6, 6.07) is 2.63. The highest BCUT2D eigenvalue weighted by Gasteiger charge is 2.48. The van der Waals surface area contributed by atoms with E-state index in [2.05, 4.69) is 0 Å². The Morgan fingerprint density at radius 1 is 1.38 bits per heavy atom. The van der Waals surface area contributed by atoms with Gasteiger partial charge < -0.3 is 15.0 Å². The third kappa shape index (κ3) is 5.78. The van der Waals surface area contributed by atoms with E-state index < -0.39 is 18.1 Å². The smallest absolute Gasteiger partial charge is 0.471 e. The van der Waals surface area contributed by atoms with Crippen molar-refractivity contribution in [1.82, 2.24) is 10.2 Å². The van der Waals surface area contributed by atoms with Crippen LogP contribution in [-0.2, 0) is 4.79 Å². The van der Waals surface area contributed by atoms with Gasteiger partial charge >= 0.3 is 12.1 Å². The van der Waals surface area contributed by atoms with Gasteiger partial charge in [-0.25, -0.2) is 0 Å². The second-order valence-electron chi connectivity index (χ2n) is 7.28. The number of halogens is 4. The summed E-state index contributed by atoms with van der Waals surface area (Å²) in [5.41, 5.74) is 2.96. The first-order chi connectivity index (χ1) is 13.6. The number of alkyl halides is 4. The number of unbranched alkanes of at least 4 members (excludes halogenated alkanes) is 1. The zero-order chi connectivity index (χ0) is 21.8. The zero-order valence-electron chi connectivity index (χ0n) is 16.8. The maximum absolute atomic E-state index is 12.4. The van der Waals surface area contributed by atoms with E-state index in [1.807, 2.05) is 38.2 Å². The van der Waals surface area contributed by atoms with Crippen molar-refractivity contribution in [2.24, 2.45) is 0 Å². The molecule has 0 bridgehead atoms. The fraction of sp³-hybridized carbons (Fsp3) is 0.600. The lowest BCUT2D eigenvalue weighted by Crippen LogP contribution is -2.41. The van der Waals surface area contributed by atoms with Crippen molar-refractivity contribution >= 4 is 23.8 Å². The number of hydrogen-bond donors (Lipinski definition) is 2. The van der Waals surface area contributed by atoms with Gasteiger partial charge in [0.1, 0.15) is 5.75 Å². The Morgan fingerprint density at radius 3 is 2.66 bits per heavy atom. The van der Waals surface area contributed by atoms with Gasteiger partial charge in [-0.1, -0.05) is 6.07 Å². The Hall–Kier alpha value is -1.96. The van der Waals surface area contributed by atoms with Crippen molar-refractivity contribution in [3.05, 3.63) is 28.8 Å². The van der Waals surface area contributed by atoms with E-state index in [1.54, 1.807) is 4.90 Å². The number of rotatable bonds is 10. The first kappa shape index (κ1) is 23.3. The van der Waals surface area contributed by atoms with E-state index in [0.29, 0.717) is 18.9 Å². The molecule has 2 rings (SSSR count). The summed E-state index contributed by atoms with van der Waals surface area (Å²) in [4.78, 5) is 12.8. The molecule has 1 fully saturated rings. The van der Waals surface area contributed by atoms with E-state index in [9.17, 15) is 18.0 Å². The minimum absolute atomic E-state index is 0.228. The molecule has 0 radical (unpaired) electrons. The minimum Gasteiger partial charge on any atom is -0.493 e. The molecule has 0 saturated heterocycles. The molecule has 9 heteroatoms. The van der Waals surface area contributed by atoms with E-state index >= 15 is 0 Å². The molecule has 1 amide bonds. The highest BCUT2D eigenvalue weighted by Crippen LogP contribution is 2.37. The second kappa shape index (κ2) is 9.69. The van der Waals surface area contributed by atoms with Gasteiger partial charge in [-0.05, 0) is 62.8 Å². The van der Waals surface area contributed by atoms with Gasteiger partial charge in [0.05, 0.1) is 31.1 Å². The van der Waals surface area contributed by atoms with Crippen LogP contribution in [0.1, 0.15) is 48.9 Å². The predicted octanol–water partition coefficient (Wildman–Crippen LogP) is 4.49. The predicted molar refractivity (Wildman–Crippen MR) is 107 cm³/mol. The number of benzene rings is 1. The molecule has 5 nitrogen and oxygen atoms in total. The van der Waals surface area contributed by atoms with Gasteiger partial charge in [-0.15, -0.1) is 11.6 Å². The molecule has 3 unspecified atom stereocenters. The topological polar surface area (TPSA) is 65.4 Å². The van der Waals surface area contributed by atoms with Crippen LogP contribution in [0.4, 0.5) is 13.2 Å². The maximum atomic E-state index is 12.4.